The third-order valence-corrected chi connectivity index (χ3v) is 2.84. The van der Waals surface area contributed by atoms with Crippen molar-refractivity contribution >= 4 is 40.6 Å². The topological polar surface area (TPSA) is 74.4 Å². The highest BCUT2D eigenvalue weighted by atomic mass is 35.5. The summed E-state index contributed by atoms with van der Waals surface area (Å²) < 4.78 is 9.73. The number of ether oxygens (including phenoxy) is 2. The number of pyridine rings is 1. The molecule has 98 valence electrons. The fourth-order valence-electron chi connectivity index (χ4n) is 1.22. The Morgan fingerprint density at radius 3 is 2.44 bits per heavy atom. The van der Waals surface area contributed by atoms with Crippen LogP contribution in [0.3, 0.4) is 0 Å². The van der Waals surface area contributed by atoms with Gasteiger partial charge in [-0.1, -0.05) is 29.8 Å². The van der Waals surface area contributed by atoms with E-state index in [-0.39, 0.29) is 32.9 Å². The molecule has 2 N–H and O–H groups in total. The molecule has 0 aliphatic carbocycles. The van der Waals surface area contributed by atoms with Crippen molar-refractivity contribution in [3.63, 3.8) is 0 Å². The summed E-state index contributed by atoms with van der Waals surface area (Å²) in [5.41, 5.74) is 5.77. The van der Waals surface area contributed by atoms with Crippen LogP contribution < -0.4 is 5.73 Å². The van der Waals surface area contributed by atoms with E-state index >= 15 is 0 Å². The molecule has 0 saturated carbocycles. The quantitative estimate of drug-likeness (QED) is 0.682. The van der Waals surface area contributed by atoms with Crippen molar-refractivity contribution in [1.82, 2.24) is 4.98 Å². The Kier molecular flexibility index (Phi) is 4.81. The van der Waals surface area contributed by atoms with Crippen molar-refractivity contribution in [1.29, 1.82) is 0 Å². The van der Waals surface area contributed by atoms with Crippen molar-refractivity contribution in [2.75, 3.05) is 19.5 Å². The number of methoxy groups -OCH3 is 1. The number of nitrogen functional groups attached to an aromatic ring is 1. The Bertz CT molecular complexity index is 504. The number of hydrogen-bond donors (Lipinski definition) is 1. The molecule has 0 amide bonds. The highest BCUT2D eigenvalue weighted by Crippen LogP contribution is 2.35. The van der Waals surface area contributed by atoms with Gasteiger partial charge in [0.15, 0.2) is 5.69 Å². The molecule has 1 rings (SSSR count). The third-order valence-electron chi connectivity index (χ3n) is 2.07. The lowest BCUT2D eigenvalue weighted by Gasteiger charge is -2.12. The average Bonchev–Trinajstić information content (AvgIpc) is 2.35. The van der Waals surface area contributed by atoms with Crippen LogP contribution in [0.15, 0.2) is 6.58 Å². The first-order valence-electron chi connectivity index (χ1n) is 4.98. The van der Waals surface area contributed by atoms with Gasteiger partial charge in [0.1, 0.15) is 11.5 Å². The third kappa shape index (κ3) is 2.68. The van der Waals surface area contributed by atoms with Gasteiger partial charge in [0.2, 0.25) is 0 Å². The monoisotopic (exact) mass is 290 g/mol. The molecule has 0 unspecified atom stereocenters. The Labute approximate surface area is 114 Å². The van der Waals surface area contributed by atoms with Crippen LogP contribution >= 0.6 is 23.2 Å². The molecule has 0 atom stereocenters. The number of hydrogen-bond acceptors (Lipinski definition) is 5. The molecular weight excluding hydrogens is 279 g/mol. The minimum absolute atomic E-state index is 0.0320. The van der Waals surface area contributed by atoms with E-state index in [0.29, 0.717) is 6.61 Å². The molecule has 1 aromatic heterocycles. The lowest BCUT2D eigenvalue weighted by atomic mass is 10.2. The van der Waals surface area contributed by atoms with Gasteiger partial charge in [0.05, 0.1) is 29.4 Å². The number of nitrogens with zero attached hydrogens (tertiary/aromatic N) is 1. The Balaban J connectivity index is 3.41. The molecule has 0 saturated heterocycles. The molecule has 0 fully saturated rings. The Hall–Kier alpha value is -1.46. The number of rotatable bonds is 4. The molecule has 18 heavy (non-hydrogen) atoms. The van der Waals surface area contributed by atoms with Gasteiger partial charge in [-0.2, -0.15) is 0 Å². The molecule has 0 aliphatic heterocycles. The van der Waals surface area contributed by atoms with E-state index in [1.807, 2.05) is 0 Å². The summed E-state index contributed by atoms with van der Waals surface area (Å²) in [6, 6.07) is 0. The summed E-state index contributed by atoms with van der Waals surface area (Å²) in [5, 5.41) is 0.0333. The van der Waals surface area contributed by atoms with Crippen molar-refractivity contribution < 1.29 is 14.3 Å². The molecule has 0 bridgehead atoms. The molecule has 7 heteroatoms. The van der Waals surface area contributed by atoms with E-state index in [1.165, 1.54) is 7.11 Å². The zero-order chi connectivity index (χ0) is 13.9. The molecule has 0 spiro atoms. The van der Waals surface area contributed by atoms with Crippen molar-refractivity contribution in [2.45, 2.75) is 6.92 Å². The van der Waals surface area contributed by atoms with Gasteiger partial charge in [-0.25, -0.2) is 9.78 Å². The van der Waals surface area contributed by atoms with Crippen molar-refractivity contribution in [2.24, 2.45) is 0 Å². The fraction of sp³-hybridized carbons (Fsp3) is 0.273. The Morgan fingerprint density at radius 1 is 1.39 bits per heavy atom. The summed E-state index contributed by atoms with van der Waals surface area (Å²) in [6.07, 6.45) is 0. The highest BCUT2D eigenvalue weighted by Gasteiger charge is 2.22. The fourth-order valence-corrected chi connectivity index (χ4v) is 1.73. The molecule has 5 nitrogen and oxygen atoms in total. The van der Waals surface area contributed by atoms with Gasteiger partial charge in [-0.15, -0.1) is 0 Å². The van der Waals surface area contributed by atoms with Gasteiger partial charge in [0.25, 0.3) is 0 Å². The van der Waals surface area contributed by atoms with E-state index in [2.05, 4.69) is 16.3 Å². The second-order valence-corrected chi connectivity index (χ2v) is 3.95. The first-order valence-corrected chi connectivity index (χ1v) is 5.74. The zero-order valence-corrected chi connectivity index (χ0v) is 11.4. The second kappa shape index (κ2) is 5.93. The summed E-state index contributed by atoms with van der Waals surface area (Å²) in [4.78, 5) is 15.5. The van der Waals surface area contributed by atoms with E-state index in [1.54, 1.807) is 6.92 Å². The maximum Gasteiger partial charge on any atom is 0.358 e. The lowest BCUT2D eigenvalue weighted by Crippen LogP contribution is -2.10. The maximum atomic E-state index is 11.5. The maximum absolute atomic E-state index is 11.5. The predicted molar refractivity (Wildman–Crippen MR) is 70.7 cm³/mol. The number of nitrogens with two attached hydrogens (primary N) is 1. The summed E-state index contributed by atoms with van der Waals surface area (Å²) in [6.45, 7) is 5.81. The van der Waals surface area contributed by atoms with Crippen LogP contribution in [-0.2, 0) is 9.47 Å². The van der Waals surface area contributed by atoms with E-state index in [4.69, 9.17) is 33.7 Å². The zero-order valence-electron chi connectivity index (χ0n) is 9.92. The number of aromatic nitrogens is 1. The summed E-state index contributed by atoms with van der Waals surface area (Å²) in [7, 11) is 1.21. The standard InChI is InChI=1S/C11H12Cl2N2O3/c1-4-18-5(2)9-6(12)8(14)7(13)10(15-9)11(16)17-3/h2,4H2,1,3H3,(H2,14,15). The van der Waals surface area contributed by atoms with Crippen molar-refractivity contribution in [3.8, 4) is 0 Å². The largest absolute Gasteiger partial charge is 0.492 e. The van der Waals surface area contributed by atoms with E-state index in [9.17, 15) is 4.79 Å². The molecule has 0 radical (unpaired) electrons. The van der Waals surface area contributed by atoms with Gasteiger partial charge >= 0.3 is 5.97 Å². The predicted octanol–water partition coefficient (Wildman–Crippen LogP) is 2.76. The van der Waals surface area contributed by atoms with E-state index < -0.39 is 5.97 Å². The number of carbonyl (C=O) groups excluding carboxylic acids is 1. The van der Waals surface area contributed by atoms with Crippen LogP contribution in [0.5, 0.6) is 0 Å². The molecular formula is C11H12Cl2N2O3. The number of esters is 1. The number of halogens is 2. The first-order chi connectivity index (χ1) is 8.43. The van der Waals surface area contributed by atoms with Gasteiger partial charge in [-0.3, -0.25) is 0 Å². The van der Waals surface area contributed by atoms with Gasteiger partial charge < -0.3 is 15.2 Å². The lowest BCUT2D eigenvalue weighted by molar-refractivity contribution is 0.0594. The molecule has 1 aromatic rings. The number of anilines is 1. The molecule has 1 heterocycles. The van der Waals surface area contributed by atoms with Gasteiger partial charge in [-0.05, 0) is 6.92 Å². The minimum atomic E-state index is -0.714. The van der Waals surface area contributed by atoms with Gasteiger partial charge in [0, 0.05) is 0 Å². The SMILES string of the molecule is C=C(OCC)c1nc(C(=O)OC)c(Cl)c(N)c1Cl. The van der Waals surface area contributed by atoms with Crippen LogP contribution in [0.1, 0.15) is 23.1 Å². The smallest absolute Gasteiger partial charge is 0.358 e. The molecule has 0 aromatic carbocycles. The number of carbonyl (C=O) groups is 1. The Morgan fingerprint density at radius 2 is 1.94 bits per heavy atom. The first kappa shape index (κ1) is 14.6. The summed E-state index contributed by atoms with van der Waals surface area (Å²) >= 11 is 11.9. The highest BCUT2D eigenvalue weighted by molar-refractivity contribution is 6.41. The van der Waals surface area contributed by atoms with Crippen molar-refractivity contribution in [3.05, 3.63) is 28.0 Å². The van der Waals surface area contributed by atoms with Crippen LogP contribution in [-0.4, -0.2) is 24.7 Å². The second-order valence-electron chi connectivity index (χ2n) is 3.20. The normalized spacial score (nSPS) is 10.0. The summed E-state index contributed by atoms with van der Waals surface area (Å²) in [5.74, 6) is -0.509. The van der Waals surface area contributed by atoms with Crippen LogP contribution in [0.4, 0.5) is 5.69 Å². The minimum Gasteiger partial charge on any atom is -0.492 e. The van der Waals surface area contributed by atoms with E-state index in [0.717, 1.165) is 0 Å². The average molecular weight is 291 g/mol. The molecule has 0 aliphatic rings. The van der Waals surface area contributed by atoms with Crippen LogP contribution in [0.2, 0.25) is 10.0 Å². The van der Waals surface area contributed by atoms with Crippen LogP contribution in [0.25, 0.3) is 5.76 Å². The van der Waals surface area contributed by atoms with Crippen LogP contribution in [0, 0.1) is 0 Å².